The van der Waals surface area contributed by atoms with Crippen LogP contribution in [0.25, 0.3) is 0 Å². The summed E-state index contributed by atoms with van der Waals surface area (Å²) in [6.45, 7) is 4.97. The second kappa shape index (κ2) is 3.93. The van der Waals surface area contributed by atoms with E-state index in [2.05, 4.69) is 23.9 Å². The zero-order chi connectivity index (χ0) is 10.9. The highest BCUT2D eigenvalue weighted by Crippen LogP contribution is 2.39. The highest BCUT2D eigenvalue weighted by molar-refractivity contribution is 5.12. The Balaban J connectivity index is 2.38. The minimum Gasteiger partial charge on any atom is -0.329 e. The molecule has 0 amide bonds. The first-order chi connectivity index (χ1) is 7.19. The summed E-state index contributed by atoms with van der Waals surface area (Å²) in [5, 5.41) is 4.30. The molecular formula is C11H20N4. The van der Waals surface area contributed by atoms with Gasteiger partial charge in [0.1, 0.15) is 12.2 Å². The Hall–Kier alpha value is -0.900. The Kier molecular flexibility index (Phi) is 2.78. The maximum Gasteiger partial charge on any atom is 0.138 e. The maximum atomic E-state index is 5.95. The number of nitrogens with two attached hydrogens (primary N) is 1. The summed E-state index contributed by atoms with van der Waals surface area (Å²) in [7, 11) is 0. The first-order valence-electron chi connectivity index (χ1n) is 5.80. The molecule has 0 saturated heterocycles. The molecule has 15 heavy (non-hydrogen) atoms. The van der Waals surface area contributed by atoms with Crippen LogP contribution in [0.5, 0.6) is 0 Å². The molecule has 0 radical (unpaired) electrons. The molecule has 1 aliphatic carbocycles. The number of rotatable bonds is 3. The van der Waals surface area contributed by atoms with E-state index in [1.54, 1.807) is 6.33 Å². The second-order valence-corrected chi connectivity index (χ2v) is 4.81. The Morgan fingerprint density at radius 2 is 2.13 bits per heavy atom. The van der Waals surface area contributed by atoms with E-state index in [9.17, 15) is 0 Å². The fraction of sp³-hybridized carbons (Fsp3) is 0.818. The summed E-state index contributed by atoms with van der Waals surface area (Å²) in [5.41, 5.74) is 6.05. The SMILES string of the molecule is CC(C)n1ncnc1C1(CN)CCCC1. The Morgan fingerprint density at radius 3 is 2.67 bits per heavy atom. The Labute approximate surface area is 90.9 Å². The maximum absolute atomic E-state index is 5.95. The summed E-state index contributed by atoms with van der Waals surface area (Å²) < 4.78 is 2.03. The molecule has 0 atom stereocenters. The largest absolute Gasteiger partial charge is 0.329 e. The summed E-state index contributed by atoms with van der Waals surface area (Å²) in [4.78, 5) is 4.43. The monoisotopic (exact) mass is 208 g/mol. The van der Waals surface area contributed by atoms with E-state index < -0.39 is 0 Å². The average molecular weight is 208 g/mol. The minimum atomic E-state index is 0.0980. The lowest BCUT2D eigenvalue weighted by Crippen LogP contribution is -2.35. The fourth-order valence-corrected chi connectivity index (χ4v) is 2.58. The first kappa shape index (κ1) is 10.6. The van der Waals surface area contributed by atoms with Crippen LogP contribution in [-0.2, 0) is 5.41 Å². The van der Waals surface area contributed by atoms with Crippen LogP contribution < -0.4 is 5.73 Å². The lowest BCUT2D eigenvalue weighted by atomic mass is 9.85. The molecular weight excluding hydrogens is 188 g/mol. The molecule has 1 aromatic heterocycles. The summed E-state index contributed by atoms with van der Waals surface area (Å²) in [6, 6.07) is 0.367. The van der Waals surface area contributed by atoms with Crippen LogP contribution in [0.2, 0.25) is 0 Å². The molecule has 84 valence electrons. The van der Waals surface area contributed by atoms with Crippen LogP contribution in [0, 0.1) is 0 Å². The molecule has 1 aromatic rings. The average Bonchev–Trinajstić information content (AvgIpc) is 2.87. The minimum absolute atomic E-state index is 0.0980. The molecule has 0 spiro atoms. The van der Waals surface area contributed by atoms with Gasteiger partial charge in [-0.1, -0.05) is 12.8 Å². The number of hydrogen-bond donors (Lipinski definition) is 1. The molecule has 2 rings (SSSR count). The van der Waals surface area contributed by atoms with Crippen molar-refractivity contribution in [2.45, 2.75) is 51.0 Å². The molecule has 4 heteroatoms. The second-order valence-electron chi connectivity index (χ2n) is 4.81. The van der Waals surface area contributed by atoms with Crippen LogP contribution in [0.1, 0.15) is 51.4 Å². The van der Waals surface area contributed by atoms with Crippen molar-refractivity contribution in [3.8, 4) is 0 Å². The van der Waals surface area contributed by atoms with Crippen molar-refractivity contribution < 1.29 is 0 Å². The molecule has 4 nitrogen and oxygen atoms in total. The van der Waals surface area contributed by atoms with Gasteiger partial charge in [-0.3, -0.25) is 0 Å². The van der Waals surface area contributed by atoms with Crippen molar-refractivity contribution in [3.63, 3.8) is 0 Å². The third kappa shape index (κ3) is 1.67. The topological polar surface area (TPSA) is 56.7 Å². The van der Waals surface area contributed by atoms with Crippen LogP contribution >= 0.6 is 0 Å². The molecule has 0 bridgehead atoms. The van der Waals surface area contributed by atoms with Crippen molar-refractivity contribution in [2.24, 2.45) is 5.73 Å². The molecule has 0 aliphatic heterocycles. The molecule has 0 unspecified atom stereocenters. The van der Waals surface area contributed by atoms with Gasteiger partial charge in [0, 0.05) is 18.0 Å². The van der Waals surface area contributed by atoms with E-state index in [1.165, 1.54) is 12.8 Å². The molecule has 1 aliphatic rings. The molecule has 1 saturated carbocycles. The van der Waals surface area contributed by atoms with Crippen molar-refractivity contribution in [1.29, 1.82) is 0 Å². The van der Waals surface area contributed by atoms with E-state index in [0.29, 0.717) is 12.6 Å². The van der Waals surface area contributed by atoms with Crippen molar-refractivity contribution in [2.75, 3.05) is 6.54 Å². The van der Waals surface area contributed by atoms with E-state index in [1.807, 2.05) is 4.68 Å². The fourth-order valence-electron chi connectivity index (χ4n) is 2.58. The van der Waals surface area contributed by atoms with Crippen LogP contribution in [0.3, 0.4) is 0 Å². The molecule has 1 fully saturated rings. The number of aromatic nitrogens is 3. The normalized spacial score (nSPS) is 20.0. The van der Waals surface area contributed by atoms with Gasteiger partial charge in [0.25, 0.3) is 0 Å². The zero-order valence-electron chi connectivity index (χ0n) is 9.61. The van der Waals surface area contributed by atoms with Gasteiger partial charge in [0.15, 0.2) is 0 Å². The van der Waals surface area contributed by atoms with Gasteiger partial charge >= 0.3 is 0 Å². The quantitative estimate of drug-likeness (QED) is 0.821. The van der Waals surface area contributed by atoms with Gasteiger partial charge < -0.3 is 5.73 Å². The Bertz CT molecular complexity index is 323. The van der Waals surface area contributed by atoms with E-state index in [-0.39, 0.29) is 5.41 Å². The van der Waals surface area contributed by atoms with Gasteiger partial charge in [-0.2, -0.15) is 5.10 Å². The van der Waals surface area contributed by atoms with Gasteiger partial charge in [0.05, 0.1) is 0 Å². The van der Waals surface area contributed by atoms with Crippen molar-refractivity contribution >= 4 is 0 Å². The Morgan fingerprint density at radius 1 is 1.47 bits per heavy atom. The third-order valence-corrected chi connectivity index (χ3v) is 3.49. The molecule has 0 aromatic carbocycles. The first-order valence-corrected chi connectivity index (χ1v) is 5.80. The molecule has 1 heterocycles. The third-order valence-electron chi connectivity index (χ3n) is 3.49. The van der Waals surface area contributed by atoms with Gasteiger partial charge in [-0.25, -0.2) is 9.67 Å². The predicted molar refractivity (Wildman–Crippen MR) is 59.6 cm³/mol. The zero-order valence-corrected chi connectivity index (χ0v) is 9.61. The lowest BCUT2D eigenvalue weighted by molar-refractivity contribution is 0.374. The van der Waals surface area contributed by atoms with Gasteiger partial charge in [-0.05, 0) is 26.7 Å². The summed E-state index contributed by atoms with van der Waals surface area (Å²) >= 11 is 0. The predicted octanol–water partition coefficient (Wildman–Crippen LogP) is 1.63. The lowest BCUT2D eigenvalue weighted by Gasteiger charge is -2.27. The molecule has 2 N–H and O–H groups in total. The van der Waals surface area contributed by atoms with E-state index >= 15 is 0 Å². The van der Waals surface area contributed by atoms with Gasteiger partial charge in [-0.15, -0.1) is 0 Å². The standard InChI is InChI=1S/C11H20N4/c1-9(2)15-10(13-8-14-15)11(7-12)5-3-4-6-11/h8-9H,3-7,12H2,1-2H3. The number of hydrogen-bond acceptors (Lipinski definition) is 3. The highest BCUT2D eigenvalue weighted by atomic mass is 15.4. The summed E-state index contributed by atoms with van der Waals surface area (Å²) in [6.07, 6.45) is 6.51. The highest BCUT2D eigenvalue weighted by Gasteiger charge is 2.38. The van der Waals surface area contributed by atoms with Crippen LogP contribution in [-0.4, -0.2) is 21.3 Å². The van der Waals surface area contributed by atoms with E-state index in [0.717, 1.165) is 18.7 Å². The van der Waals surface area contributed by atoms with Crippen molar-refractivity contribution in [1.82, 2.24) is 14.8 Å². The van der Waals surface area contributed by atoms with Gasteiger partial charge in [0.2, 0.25) is 0 Å². The smallest absolute Gasteiger partial charge is 0.138 e. The number of nitrogens with zero attached hydrogens (tertiary/aromatic N) is 3. The van der Waals surface area contributed by atoms with E-state index in [4.69, 9.17) is 5.73 Å². The van der Waals surface area contributed by atoms with Crippen molar-refractivity contribution in [3.05, 3.63) is 12.2 Å². The van der Waals surface area contributed by atoms with Crippen LogP contribution in [0.4, 0.5) is 0 Å². The van der Waals surface area contributed by atoms with Crippen LogP contribution in [0.15, 0.2) is 6.33 Å². The summed E-state index contributed by atoms with van der Waals surface area (Å²) in [5.74, 6) is 1.09.